The normalized spacial score (nSPS) is 19.6. The van der Waals surface area contributed by atoms with Crippen molar-refractivity contribution in [1.29, 1.82) is 0 Å². The maximum Gasteiger partial charge on any atom is 0.115 e. The molecule has 0 amide bonds. The molecule has 0 atom stereocenters. The van der Waals surface area contributed by atoms with E-state index in [0.717, 1.165) is 42.9 Å². The second-order valence-electron chi connectivity index (χ2n) is 4.55. The Hall–Kier alpha value is -0.730. The molecule has 1 fully saturated rings. The average molecular weight is 240 g/mol. The topological polar surface area (TPSA) is 32.3 Å². The lowest BCUT2D eigenvalue weighted by atomic mass is 9.71. The van der Waals surface area contributed by atoms with Gasteiger partial charge >= 0.3 is 0 Å². The van der Waals surface area contributed by atoms with Crippen LogP contribution in [0.2, 0.25) is 5.02 Å². The first-order chi connectivity index (χ1) is 7.68. The number of phenols is 1. The van der Waals surface area contributed by atoms with Crippen molar-refractivity contribution < 1.29 is 5.11 Å². The Morgan fingerprint density at radius 3 is 2.69 bits per heavy atom. The molecule has 1 aliphatic rings. The second-order valence-corrected chi connectivity index (χ2v) is 4.96. The summed E-state index contributed by atoms with van der Waals surface area (Å²) in [5, 5.41) is 13.8. The minimum Gasteiger partial charge on any atom is -0.508 e. The van der Waals surface area contributed by atoms with Crippen LogP contribution in [-0.4, -0.2) is 18.2 Å². The monoisotopic (exact) mass is 239 g/mol. The summed E-state index contributed by atoms with van der Waals surface area (Å²) in [4.78, 5) is 0. The fourth-order valence-corrected chi connectivity index (χ4v) is 2.96. The molecule has 1 aromatic carbocycles. The molecule has 1 aromatic rings. The van der Waals surface area contributed by atoms with E-state index in [-0.39, 0.29) is 5.41 Å². The van der Waals surface area contributed by atoms with Crippen LogP contribution in [0.25, 0.3) is 0 Å². The SMILES string of the molecule is CCC1(c2cc(O)ccc2Cl)CCNCC1. The van der Waals surface area contributed by atoms with Crippen LogP contribution in [0.1, 0.15) is 31.7 Å². The predicted molar refractivity (Wildman–Crippen MR) is 67.2 cm³/mol. The van der Waals surface area contributed by atoms with Gasteiger partial charge in [-0.3, -0.25) is 0 Å². The Labute approximate surface area is 102 Å². The van der Waals surface area contributed by atoms with Gasteiger partial charge in [0.05, 0.1) is 0 Å². The van der Waals surface area contributed by atoms with Gasteiger partial charge in [-0.2, -0.15) is 0 Å². The summed E-state index contributed by atoms with van der Waals surface area (Å²) in [6.45, 7) is 4.26. The van der Waals surface area contributed by atoms with E-state index in [1.807, 2.05) is 6.07 Å². The zero-order valence-electron chi connectivity index (χ0n) is 9.59. The van der Waals surface area contributed by atoms with E-state index in [2.05, 4.69) is 12.2 Å². The van der Waals surface area contributed by atoms with Crippen molar-refractivity contribution in [3.63, 3.8) is 0 Å². The number of halogens is 1. The molecule has 3 heteroatoms. The van der Waals surface area contributed by atoms with E-state index < -0.39 is 0 Å². The third-order valence-electron chi connectivity index (χ3n) is 3.76. The summed E-state index contributed by atoms with van der Waals surface area (Å²) < 4.78 is 0. The summed E-state index contributed by atoms with van der Waals surface area (Å²) >= 11 is 6.27. The molecule has 0 aliphatic carbocycles. The molecule has 2 rings (SSSR count). The van der Waals surface area contributed by atoms with Crippen LogP contribution in [0.5, 0.6) is 5.75 Å². The van der Waals surface area contributed by atoms with Crippen LogP contribution in [0, 0.1) is 0 Å². The third-order valence-corrected chi connectivity index (χ3v) is 4.09. The molecule has 0 bridgehead atoms. The second kappa shape index (κ2) is 4.64. The van der Waals surface area contributed by atoms with Gasteiger partial charge in [0.1, 0.15) is 5.75 Å². The van der Waals surface area contributed by atoms with Gasteiger partial charge in [-0.15, -0.1) is 0 Å². The molecular formula is C13H18ClNO. The molecule has 0 unspecified atom stereocenters. The van der Waals surface area contributed by atoms with Crippen LogP contribution in [-0.2, 0) is 5.41 Å². The molecule has 1 saturated heterocycles. The van der Waals surface area contributed by atoms with Gasteiger partial charge < -0.3 is 10.4 Å². The lowest BCUT2D eigenvalue weighted by Crippen LogP contribution is -2.39. The zero-order chi connectivity index (χ0) is 11.6. The Kier molecular flexibility index (Phi) is 3.41. The number of rotatable bonds is 2. The van der Waals surface area contributed by atoms with Crippen molar-refractivity contribution in [2.75, 3.05) is 13.1 Å². The number of hydrogen-bond donors (Lipinski definition) is 2. The standard InChI is InChI=1S/C13H18ClNO/c1-2-13(5-7-15-8-6-13)11-9-10(16)3-4-12(11)14/h3-4,9,15-16H,2,5-8H2,1H3. The van der Waals surface area contributed by atoms with E-state index in [1.54, 1.807) is 12.1 Å². The Morgan fingerprint density at radius 2 is 2.06 bits per heavy atom. The quantitative estimate of drug-likeness (QED) is 0.832. The molecule has 0 saturated carbocycles. The molecule has 16 heavy (non-hydrogen) atoms. The van der Waals surface area contributed by atoms with Crippen LogP contribution < -0.4 is 5.32 Å². The predicted octanol–water partition coefficient (Wildman–Crippen LogP) is 3.08. The maximum absolute atomic E-state index is 9.60. The van der Waals surface area contributed by atoms with Crippen molar-refractivity contribution in [3.8, 4) is 5.75 Å². The average Bonchev–Trinajstić information content (AvgIpc) is 2.33. The molecule has 88 valence electrons. The third kappa shape index (κ3) is 2.04. The van der Waals surface area contributed by atoms with Crippen LogP contribution in [0.3, 0.4) is 0 Å². The van der Waals surface area contributed by atoms with E-state index >= 15 is 0 Å². The number of hydrogen-bond acceptors (Lipinski definition) is 2. The molecule has 1 heterocycles. The summed E-state index contributed by atoms with van der Waals surface area (Å²) in [6.07, 6.45) is 3.25. The number of nitrogens with one attached hydrogen (secondary N) is 1. The van der Waals surface area contributed by atoms with Gasteiger partial charge in [-0.05, 0) is 61.5 Å². The van der Waals surface area contributed by atoms with Gasteiger partial charge in [0.25, 0.3) is 0 Å². The summed E-state index contributed by atoms with van der Waals surface area (Å²) in [7, 11) is 0. The van der Waals surface area contributed by atoms with Gasteiger partial charge in [-0.1, -0.05) is 18.5 Å². The summed E-state index contributed by atoms with van der Waals surface area (Å²) in [5.41, 5.74) is 1.25. The maximum atomic E-state index is 9.60. The molecular weight excluding hydrogens is 222 g/mol. The summed E-state index contributed by atoms with van der Waals surface area (Å²) in [6, 6.07) is 5.28. The minimum absolute atomic E-state index is 0.140. The first kappa shape index (κ1) is 11.7. The minimum atomic E-state index is 0.140. The first-order valence-electron chi connectivity index (χ1n) is 5.88. The van der Waals surface area contributed by atoms with Crippen molar-refractivity contribution in [1.82, 2.24) is 5.32 Å². The van der Waals surface area contributed by atoms with Crippen molar-refractivity contribution in [3.05, 3.63) is 28.8 Å². The fourth-order valence-electron chi connectivity index (χ4n) is 2.64. The number of aromatic hydroxyl groups is 1. The smallest absolute Gasteiger partial charge is 0.115 e. The van der Waals surface area contributed by atoms with Gasteiger partial charge in [0.15, 0.2) is 0 Å². The van der Waals surface area contributed by atoms with Crippen LogP contribution >= 0.6 is 11.6 Å². The largest absolute Gasteiger partial charge is 0.508 e. The van der Waals surface area contributed by atoms with Crippen molar-refractivity contribution >= 4 is 11.6 Å². The number of benzene rings is 1. The van der Waals surface area contributed by atoms with Crippen LogP contribution in [0.4, 0.5) is 0 Å². The van der Waals surface area contributed by atoms with E-state index in [4.69, 9.17) is 11.6 Å². The Bertz CT molecular complexity index is 372. The Balaban J connectivity index is 2.42. The number of piperidine rings is 1. The highest BCUT2D eigenvalue weighted by Crippen LogP contribution is 2.41. The lowest BCUT2D eigenvalue weighted by Gasteiger charge is -2.38. The van der Waals surface area contributed by atoms with E-state index in [0.29, 0.717) is 5.75 Å². The lowest BCUT2D eigenvalue weighted by molar-refractivity contribution is 0.297. The molecule has 0 spiro atoms. The highest BCUT2D eigenvalue weighted by molar-refractivity contribution is 6.31. The van der Waals surface area contributed by atoms with Crippen LogP contribution in [0.15, 0.2) is 18.2 Å². The van der Waals surface area contributed by atoms with Gasteiger partial charge in [-0.25, -0.2) is 0 Å². The highest BCUT2D eigenvalue weighted by atomic mass is 35.5. The summed E-state index contributed by atoms with van der Waals surface area (Å²) in [5.74, 6) is 0.311. The Morgan fingerprint density at radius 1 is 1.38 bits per heavy atom. The molecule has 0 aromatic heterocycles. The molecule has 0 radical (unpaired) electrons. The van der Waals surface area contributed by atoms with Crippen molar-refractivity contribution in [2.45, 2.75) is 31.6 Å². The van der Waals surface area contributed by atoms with Crippen molar-refractivity contribution in [2.24, 2.45) is 0 Å². The molecule has 1 aliphatic heterocycles. The van der Waals surface area contributed by atoms with Gasteiger partial charge in [0.2, 0.25) is 0 Å². The van der Waals surface area contributed by atoms with E-state index in [1.165, 1.54) is 0 Å². The highest BCUT2D eigenvalue weighted by Gasteiger charge is 2.33. The zero-order valence-corrected chi connectivity index (χ0v) is 10.3. The molecule has 2 N–H and O–H groups in total. The van der Waals surface area contributed by atoms with Gasteiger partial charge in [0, 0.05) is 5.02 Å². The first-order valence-corrected chi connectivity index (χ1v) is 6.25. The fraction of sp³-hybridized carbons (Fsp3) is 0.538. The number of phenolic OH excluding ortho intramolecular Hbond substituents is 1. The van der Waals surface area contributed by atoms with E-state index in [9.17, 15) is 5.11 Å². The molecule has 2 nitrogen and oxygen atoms in total.